The predicted molar refractivity (Wildman–Crippen MR) is 116 cm³/mol. The number of amides is 1. The number of nitrogens with zero attached hydrogens (tertiary/aromatic N) is 1. The third-order valence-corrected chi connectivity index (χ3v) is 8.07. The molecule has 3 rings (SSSR count). The van der Waals surface area contributed by atoms with Crippen LogP contribution in [0.3, 0.4) is 0 Å². The topological polar surface area (TPSA) is 122 Å². The van der Waals surface area contributed by atoms with Gasteiger partial charge in [-0.3, -0.25) is 4.79 Å². The number of hydrogen-bond acceptors (Lipinski definition) is 6. The van der Waals surface area contributed by atoms with Crippen LogP contribution >= 0.6 is 0 Å². The molecular weight excluding hydrogens is 442 g/mol. The predicted octanol–water partition coefficient (Wildman–Crippen LogP) is 1.64. The fraction of sp³-hybridized carbons (Fsp3) is 0.350. The zero-order chi connectivity index (χ0) is 22.8. The molecule has 168 valence electrons. The first-order chi connectivity index (χ1) is 14.5. The Morgan fingerprint density at radius 3 is 2.16 bits per heavy atom. The second-order valence-corrected chi connectivity index (χ2v) is 11.1. The molecule has 2 N–H and O–H groups in total. The van der Waals surface area contributed by atoms with Crippen molar-refractivity contribution in [3.63, 3.8) is 0 Å². The standard InChI is InChI=1S/C20H25N3O6S2/c1-14-12-23(13-15(2)29-14)31(27,28)19-6-4-5-16(11-19)20(24)22-17-7-9-18(10-8-17)30(25,26)21-3/h4-11,14-15,21H,12-13H2,1-3H3,(H,22,24). The van der Waals surface area contributed by atoms with E-state index in [4.69, 9.17) is 4.74 Å². The van der Waals surface area contributed by atoms with Crippen LogP contribution in [0, 0.1) is 0 Å². The molecule has 1 fully saturated rings. The Hall–Kier alpha value is -2.31. The Labute approximate surface area is 182 Å². The highest BCUT2D eigenvalue weighted by Gasteiger charge is 2.32. The van der Waals surface area contributed by atoms with Crippen LogP contribution in [0.25, 0.3) is 0 Å². The lowest BCUT2D eigenvalue weighted by molar-refractivity contribution is -0.0440. The van der Waals surface area contributed by atoms with Gasteiger partial charge in [0, 0.05) is 24.3 Å². The minimum atomic E-state index is -3.78. The second-order valence-electron chi connectivity index (χ2n) is 7.29. The molecule has 2 aromatic carbocycles. The van der Waals surface area contributed by atoms with Crippen LogP contribution in [0.15, 0.2) is 58.3 Å². The third-order valence-electron chi connectivity index (χ3n) is 4.81. The molecule has 11 heteroatoms. The summed E-state index contributed by atoms with van der Waals surface area (Å²) < 4.78 is 58.9. The van der Waals surface area contributed by atoms with Crippen molar-refractivity contribution in [3.8, 4) is 0 Å². The summed E-state index contributed by atoms with van der Waals surface area (Å²) >= 11 is 0. The number of carbonyl (C=O) groups is 1. The van der Waals surface area contributed by atoms with Crippen LogP contribution in [-0.4, -0.2) is 59.4 Å². The minimum Gasteiger partial charge on any atom is -0.373 e. The number of morpholine rings is 1. The lowest BCUT2D eigenvalue weighted by Gasteiger charge is -2.34. The average Bonchev–Trinajstić information content (AvgIpc) is 2.73. The SMILES string of the molecule is CNS(=O)(=O)c1ccc(NC(=O)c2cccc(S(=O)(=O)N3CC(C)OC(C)C3)c2)cc1. The molecule has 1 amide bonds. The van der Waals surface area contributed by atoms with Gasteiger partial charge in [-0.05, 0) is 63.4 Å². The van der Waals surface area contributed by atoms with Crippen molar-refractivity contribution in [1.82, 2.24) is 9.03 Å². The number of rotatable bonds is 6. The van der Waals surface area contributed by atoms with E-state index in [0.717, 1.165) is 0 Å². The van der Waals surface area contributed by atoms with Gasteiger partial charge in [-0.15, -0.1) is 0 Å². The Morgan fingerprint density at radius 2 is 1.58 bits per heavy atom. The van der Waals surface area contributed by atoms with E-state index in [1.54, 1.807) is 0 Å². The van der Waals surface area contributed by atoms with Gasteiger partial charge in [-0.1, -0.05) is 6.07 Å². The van der Waals surface area contributed by atoms with Gasteiger partial charge in [0.15, 0.2) is 0 Å². The van der Waals surface area contributed by atoms with Gasteiger partial charge < -0.3 is 10.1 Å². The fourth-order valence-electron chi connectivity index (χ4n) is 3.31. The number of hydrogen-bond donors (Lipinski definition) is 2. The minimum absolute atomic E-state index is 0.0249. The van der Waals surface area contributed by atoms with E-state index >= 15 is 0 Å². The smallest absolute Gasteiger partial charge is 0.255 e. The van der Waals surface area contributed by atoms with Crippen molar-refractivity contribution >= 4 is 31.6 Å². The maximum atomic E-state index is 13.0. The first kappa shape index (κ1) is 23.4. The highest BCUT2D eigenvalue weighted by atomic mass is 32.2. The molecule has 2 aromatic rings. The summed E-state index contributed by atoms with van der Waals surface area (Å²) in [5.74, 6) is -0.509. The van der Waals surface area contributed by atoms with Gasteiger partial charge in [-0.2, -0.15) is 4.31 Å². The second kappa shape index (κ2) is 9.05. The lowest BCUT2D eigenvalue weighted by Crippen LogP contribution is -2.48. The maximum Gasteiger partial charge on any atom is 0.255 e. The van der Waals surface area contributed by atoms with E-state index in [9.17, 15) is 21.6 Å². The van der Waals surface area contributed by atoms with Gasteiger partial charge in [-0.25, -0.2) is 21.6 Å². The first-order valence-corrected chi connectivity index (χ1v) is 12.6. The van der Waals surface area contributed by atoms with Gasteiger partial charge in [0.2, 0.25) is 20.0 Å². The monoisotopic (exact) mass is 467 g/mol. The lowest BCUT2D eigenvalue weighted by atomic mass is 10.2. The fourth-order valence-corrected chi connectivity index (χ4v) is 5.68. The van der Waals surface area contributed by atoms with Gasteiger partial charge in [0.25, 0.3) is 5.91 Å². The molecule has 0 spiro atoms. The van der Waals surface area contributed by atoms with E-state index in [1.165, 1.54) is 59.9 Å². The summed E-state index contributed by atoms with van der Waals surface area (Å²) in [7, 11) is -6.05. The van der Waals surface area contributed by atoms with Crippen molar-refractivity contribution in [3.05, 3.63) is 54.1 Å². The Kier molecular flexibility index (Phi) is 6.82. The van der Waals surface area contributed by atoms with Crippen molar-refractivity contribution in [2.75, 3.05) is 25.5 Å². The Balaban J connectivity index is 1.79. The number of ether oxygens (including phenoxy) is 1. The van der Waals surface area contributed by atoms with Crippen LogP contribution in [0.1, 0.15) is 24.2 Å². The first-order valence-electron chi connectivity index (χ1n) is 9.63. The van der Waals surface area contributed by atoms with Gasteiger partial charge in [0.05, 0.1) is 22.0 Å². The number of sulfonamides is 2. The van der Waals surface area contributed by atoms with Crippen LogP contribution < -0.4 is 10.0 Å². The molecule has 2 unspecified atom stereocenters. The van der Waals surface area contributed by atoms with Gasteiger partial charge >= 0.3 is 0 Å². The van der Waals surface area contributed by atoms with E-state index in [0.29, 0.717) is 5.69 Å². The number of benzene rings is 2. The summed E-state index contributed by atoms with van der Waals surface area (Å²) in [6, 6.07) is 11.4. The molecule has 31 heavy (non-hydrogen) atoms. The van der Waals surface area contributed by atoms with Crippen molar-refractivity contribution in [2.24, 2.45) is 0 Å². The summed E-state index contributed by atoms with van der Waals surface area (Å²) in [5.41, 5.74) is 0.548. The molecule has 1 heterocycles. The van der Waals surface area contributed by atoms with E-state index < -0.39 is 26.0 Å². The van der Waals surface area contributed by atoms with Crippen LogP contribution in [0.5, 0.6) is 0 Å². The summed E-state index contributed by atoms with van der Waals surface area (Å²) in [6.07, 6.45) is -0.445. The normalized spacial score (nSPS) is 20.4. The van der Waals surface area contributed by atoms with E-state index in [-0.39, 0.29) is 40.7 Å². The molecular formula is C20H25N3O6S2. The summed E-state index contributed by atoms with van der Waals surface area (Å²) in [6.45, 7) is 4.11. The van der Waals surface area contributed by atoms with Crippen LogP contribution in [0.2, 0.25) is 0 Å². The Bertz CT molecular complexity index is 1150. The summed E-state index contributed by atoms with van der Waals surface area (Å²) in [4.78, 5) is 12.7. The van der Waals surface area contributed by atoms with Crippen molar-refractivity contribution in [2.45, 2.75) is 35.8 Å². The average molecular weight is 468 g/mol. The molecule has 0 radical (unpaired) electrons. The Morgan fingerprint density at radius 1 is 0.968 bits per heavy atom. The molecule has 9 nitrogen and oxygen atoms in total. The summed E-state index contributed by atoms with van der Waals surface area (Å²) in [5, 5.41) is 2.64. The molecule has 0 aliphatic carbocycles. The zero-order valence-electron chi connectivity index (χ0n) is 17.4. The maximum absolute atomic E-state index is 13.0. The van der Waals surface area contributed by atoms with Crippen molar-refractivity contribution in [1.29, 1.82) is 0 Å². The number of carbonyl (C=O) groups excluding carboxylic acids is 1. The molecule has 1 saturated heterocycles. The van der Waals surface area contributed by atoms with Crippen LogP contribution in [0.4, 0.5) is 5.69 Å². The molecule has 2 atom stereocenters. The molecule has 1 aliphatic rings. The van der Waals surface area contributed by atoms with Gasteiger partial charge in [0.1, 0.15) is 0 Å². The van der Waals surface area contributed by atoms with E-state index in [1.807, 2.05) is 13.8 Å². The molecule has 0 saturated carbocycles. The third kappa shape index (κ3) is 5.31. The molecule has 0 bridgehead atoms. The molecule has 0 aromatic heterocycles. The number of anilines is 1. The van der Waals surface area contributed by atoms with Crippen LogP contribution in [-0.2, 0) is 24.8 Å². The number of nitrogens with one attached hydrogen (secondary N) is 2. The molecule has 1 aliphatic heterocycles. The largest absolute Gasteiger partial charge is 0.373 e. The quantitative estimate of drug-likeness (QED) is 0.666. The van der Waals surface area contributed by atoms with Crippen molar-refractivity contribution < 1.29 is 26.4 Å². The van der Waals surface area contributed by atoms with E-state index in [2.05, 4.69) is 10.0 Å². The zero-order valence-corrected chi connectivity index (χ0v) is 19.0. The highest BCUT2D eigenvalue weighted by Crippen LogP contribution is 2.22. The highest BCUT2D eigenvalue weighted by molar-refractivity contribution is 7.89.